The number of fused-ring (bicyclic) bond motifs is 1. The Hall–Kier alpha value is -2.69. The maximum Gasteiger partial charge on any atom is 0.252 e. The first-order valence-corrected chi connectivity index (χ1v) is 9.09. The Balaban J connectivity index is 1.81. The van der Waals surface area contributed by atoms with Crippen molar-refractivity contribution in [3.8, 4) is 0 Å². The van der Waals surface area contributed by atoms with E-state index in [1.54, 1.807) is 24.2 Å². The van der Waals surface area contributed by atoms with Crippen LogP contribution in [0.1, 0.15) is 53.4 Å². The number of nitrogens with one attached hydrogen (secondary N) is 1. The summed E-state index contributed by atoms with van der Waals surface area (Å²) in [4.78, 5) is 31.0. The van der Waals surface area contributed by atoms with Crippen LogP contribution in [0.4, 0.5) is 5.69 Å². The summed E-state index contributed by atoms with van der Waals surface area (Å²) in [6.07, 6.45) is 3.64. The molecule has 0 spiro atoms. The van der Waals surface area contributed by atoms with Gasteiger partial charge in [-0.15, -0.1) is 0 Å². The number of hydrogen-bond donors (Lipinski definition) is 1. The molecule has 3 rings (SSSR count). The summed E-state index contributed by atoms with van der Waals surface area (Å²) in [5.41, 5.74) is 4.40. The SMILES string of the molecule is CNC(=O)c1cnc2c(c1)N(C(=O)Cc1ccc(C(C)C)cc1)CCC2. The van der Waals surface area contributed by atoms with Gasteiger partial charge in [0.2, 0.25) is 5.91 Å². The predicted octanol–water partition coefficient (Wildman–Crippen LogP) is 3.09. The van der Waals surface area contributed by atoms with E-state index >= 15 is 0 Å². The summed E-state index contributed by atoms with van der Waals surface area (Å²) >= 11 is 0. The third-order valence-electron chi connectivity index (χ3n) is 4.83. The zero-order chi connectivity index (χ0) is 18.7. The van der Waals surface area contributed by atoms with Gasteiger partial charge in [0.05, 0.1) is 23.4 Å². The van der Waals surface area contributed by atoms with E-state index in [2.05, 4.69) is 36.3 Å². The van der Waals surface area contributed by atoms with E-state index in [0.29, 0.717) is 24.4 Å². The lowest BCUT2D eigenvalue weighted by Gasteiger charge is -2.29. The molecule has 0 radical (unpaired) electrons. The first-order chi connectivity index (χ1) is 12.5. The Morgan fingerprint density at radius 3 is 2.62 bits per heavy atom. The van der Waals surface area contributed by atoms with Gasteiger partial charge < -0.3 is 10.2 Å². The average Bonchev–Trinajstić information content (AvgIpc) is 2.66. The molecule has 0 fully saturated rings. The van der Waals surface area contributed by atoms with Gasteiger partial charge in [-0.2, -0.15) is 0 Å². The van der Waals surface area contributed by atoms with Crippen LogP contribution in [0.15, 0.2) is 36.5 Å². The van der Waals surface area contributed by atoms with E-state index in [1.807, 2.05) is 12.1 Å². The molecule has 0 aliphatic carbocycles. The van der Waals surface area contributed by atoms with Crippen LogP contribution >= 0.6 is 0 Å². The van der Waals surface area contributed by atoms with Crippen molar-refractivity contribution in [2.45, 2.75) is 39.0 Å². The van der Waals surface area contributed by atoms with Gasteiger partial charge in [-0.3, -0.25) is 14.6 Å². The van der Waals surface area contributed by atoms with Crippen LogP contribution in [0.5, 0.6) is 0 Å². The maximum absolute atomic E-state index is 12.9. The van der Waals surface area contributed by atoms with Gasteiger partial charge in [0.25, 0.3) is 5.91 Å². The standard InChI is InChI=1S/C21H25N3O2/c1-14(2)16-8-6-15(7-9-16)11-20(25)24-10-4-5-18-19(24)12-17(13-23-18)21(26)22-3/h6-9,12-14H,4-5,10-11H2,1-3H3,(H,22,26). The second kappa shape index (κ2) is 7.68. The highest BCUT2D eigenvalue weighted by Crippen LogP contribution is 2.27. The van der Waals surface area contributed by atoms with E-state index in [0.717, 1.165) is 29.8 Å². The molecule has 0 bridgehead atoms. The van der Waals surface area contributed by atoms with E-state index in [-0.39, 0.29) is 11.8 Å². The van der Waals surface area contributed by atoms with E-state index in [1.165, 1.54) is 5.56 Å². The second-order valence-electron chi connectivity index (χ2n) is 6.99. The molecule has 1 N–H and O–H groups in total. The Morgan fingerprint density at radius 2 is 1.96 bits per heavy atom. The van der Waals surface area contributed by atoms with Gasteiger partial charge in [0, 0.05) is 19.8 Å². The van der Waals surface area contributed by atoms with Crippen molar-refractivity contribution in [2.75, 3.05) is 18.5 Å². The summed E-state index contributed by atoms with van der Waals surface area (Å²) in [5.74, 6) is 0.324. The molecule has 2 heterocycles. The van der Waals surface area contributed by atoms with Crippen LogP contribution < -0.4 is 10.2 Å². The van der Waals surface area contributed by atoms with E-state index < -0.39 is 0 Å². The Labute approximate surface area is 154 Å². The number of benzene rings is 1. The zero-order valence-corrected chi connectivity index (χ0v) is 15.6. The van der Waals surface area contributed by atoms with Crippen LogP contribution in [0.3, 0.4) is 0 Å². The fourth-order valence-corrected chi connectivity index (χ4v) is 3.25. The summed E-state index contributed by atoms with van der Waals surface area (Å²) in [6, 6.07) is 10.0. The van der Waals surface area contributed by atoms with Crippen molar-refractivity contribution in [1.82, 2.24) is 10.3 Å². The molecular formula is C21H25N3O2. The van der Waals surface area contributed by atoms with Crippen LogP contribution in [0, 0.1) is 0 Å². The normalized spacial score (nSPS) is 13.5. The first kappa shape index (κ1) is 18.1. The minimum absolute atomic E-state index is 0.0408. The largest absolute Gasteiger partial charge is 0.355 e. The maximum atomic E-state index is 12.9. The van der Waals surface area contributed by atoms with Crippen LogP contribution in [-0.4, -0.2) is 30.4 Å². The summed E-state index contributed by atoms with van der Waals surface area (Å²) < 4.78 is 0. The number of amides is 2. The van der Waals surface area contributed by atoms with Gasteiger partial charge in [-0.1, -0.05) is 38.1 Å². The predicted molar refractivity (Wildman–Crippen MR) is 103 cm³/mol. The van der Waals surface area contributed by atoms with Crippen molar-refractivity contribution in [2.24, 2.45) is 0 Å². The van der Waals surface area contributed by atoms with Gasteiger partial charge in [0.15, 0.2) is 0 Å². The van der Waals surface area contributed by atoms with Gasteiger partial charge >= 0.3 is 0 Å². The molecule has 5 nitrogen and oxygen atoms in total. The number of hydrogen-bond acceptors (Lipinski definition) is 3. The molecule has 2 aromatic rings. The molecular weight excluding hydrogens is 326 g/mol. The molecule has 0 unspecified atom stereocenters. The number of aryl methyl sites for hydroxylation is 1. The fourth-order valence-electron chi connectivity index (χ4n) is 3.25. The highest BCUT2D eigenvalue weighted by molar-refractivity contribution is 5.99. The number of nitrogens with zero attached hydrogens (tertiary/aromatic N) is 2. The molecule has 2 amide bonds. The molecule has 1 aromatic carbocycles. The van der Waals surface area contributed by atoms with Crippen molar-refractivity contribution in [1.29, 1.82) is 0 Å². The Kier molecular flexibility index (Phi) is 5.35. The topological polar surface area (TPSA) is 62.3 Å². The molecule has 0 atom stereocenters. The Morgan fingerprint density at radius 1 is 1.23 bits per heavy atom. The van der Waals surface area contributed by atoms with Crippen LogP contribution in [-0.2, 0) is 17.6 Å². The van der Waals surface area contributed by atoms with Crippen molar-refractivity contribution in [3.63, 3.8) is 0 Å². The zero-order valence-electron chi connectivity index (χ0n) is 15.6. The number of anilines is 1. The lowest BCUT2D eigenvalue weighted by Crippen LogP contribution is -2.37. The number of pyridine rings is 1. The lowest BCUT2D eigenvalue weighted by atomic mass is 10.00. The second-order valence-corrected chi connectivity index (χ2v) is 6.99. The molecule has 136 valence electrons. The lowest BCUT2D eigenvalue weighted by molar-refractivity contribution is -0.118. The molecule has 1 aliphatic rings. The third-order valence-corrected chi connectivity index (χ3v) is 4.83. The monoisotopic (exact) mass is 351 g/mol. The number of carbonyl (C=O) groups excluding carboxylic acids is 2. The van der Waals surface area contributed by atoms with E-state index in [9.17, 15) is 9.59 Å². The van der Waals surface area contributed by atoms with Gasteiger partial charge in [0.1, 0.15) is 0 Å². The van der Waals surface area contributed by atoms with Crippen molar-refractivity contribution < 1.29 is 9.59 Å². The highest BCUT2D eigenvalue weighted by atomic mass is 16.2. The van der Waals surface area contributed by atoms with Crippen molar-refractivity contribution in [3.05, 3.63) is 58.9 Å². The number of rotatable bonds is 4. The van der Waals surface area contributed by atoms with Crippen molar-refractivity contribution >= 4 is 17.5 Å². The molecule has 0 saturated carbocycles. The third kappa shape index (κ3) is 3.77. The molecule has 1 aliphatic heterocycles. The van der Waals surface area contributed by atoms with E-state index in [4.69, 9.17) is 0 Å². The minimum Gasteiger partial charge on any atom is -0.355 e. The Bertz CT molecular complexity index is 813. The van der Waals surface area contributed by atoms with Crippen LogP contribution in [0.2, 0.25) is 0 Å². The molecule has 0 saturated heterocycles. The summed E-state index contributed by atoms with van der Waals surface area (Å²) in [6.45, 7) is 4.97. The molecule has 5 heteroatoms. The first-order valence-electron chi connectivity index (χ1n) is 9.09. The fraction of sp³-hybridized carbons (Fsp3) is 0.381. The van der Waals surface area contributed by atoms with Crippen LogP contribution in [0.25, 0.3) is 0 Å². The number of carbonyl (C=O) groups is 2. The summed E-state index contributed by atoms with van der Waals surface area (Å²) in [7, 11) is 1.59. The molecule has 26 heavy (non-hydrogen) atoms. The number of aromatic nitrogens is 1. The minimum atomic E-state index is -0.192. The van der Waals surface area contributed by atoms with Gasteiger partial charge in [-0.25, -0.2) is 0 Å². The van der Waals surface area contributed by atoms with Gasteiger partial charge in [-0.05, 0) is 36.0 Å². The average molecular weight is 351 g/mol. The highest BCUT2D eigenvalue weighted by Gasteiger charge is 2.24. The quantitative estimate of drug-likeness (QED) is 0.921. The summed E-state index contributed by atoms with van der Waals surface area (Å²) in [5, 5.41) is 2.60. The smallest absolute Gasteiger partial charge is 0.252 e. The molecule has 1 aromatic heterocycles.